The molecule has 1 aromatic heterocycles. The number of nitrogens with two attached hydrogens (primary N) is 1. The van der Waals surface area contributed by atoms with Crippen molar-refractivity contribution in [1.29, 1.82) is 0 Å². The van der Waals surface area contributed by atoms with Crippen LogP contribution in [-0.4, -0.2) is 29.2 Å². The zero-order valence-electron chi connectivity index (χ0n) is 9.75. The normalized spacial score (nSPS) is 10.2. The summed E-state index contributed by atoms with van der Waals surface area (Å²) < 4.78 is 0. The molecule has 0 atom stereocenters. The molecule has 2 rings (SSSR count). The van der Waals surface area contributed by atoms with Gasteiger partial charge in [0, 0.05) is 25.7 Å². The molecule has 0 bridgehead atoms. The van der Waals surface area contributed by atoms with Gasteiger partial charge in [0.2, 0.25) is 0 Å². The summed E-state index contributed by atoms with van der Waals surface area (Å²) in [6.07, 6.45) is 0. The van der Waals surface area contributed by atoms with Crippen molar-refractivity contribution in [3.05, 3.63) is 30.3 Å². The average Bonchev–Trinajstić information content (AvgIpc) is 2.29. The summed E-state index contributed by atoms with van der Waals surface area (Å²) in [5.74, 6) is 1.94. The highest BCUT2D eigenvalue weighted by molar-refractivity contribution is 5.61. The van der Waals surface area contributed by atoms with Crippen molar-refractivity contribution in [2.45, 2.75) is 0 Å². The number of hydrogen-bond donors (Lipinski definition) is 2. The number of nitrogen functional groups attached to an aromatic ring is 1. The fraction of sp³-hybridized carbons (Fsp3) is 0.167. The van der Waals surface area contributed by atoms with E-state index in [9.17, 15) is 5.11 Å². The molecule has 0 aliphatic carbocycles. The van der Waals surface area contributed by atoms with Gasteiger partial charge >= 0.3 is 0 Å². The van der Waals surface area contributed by atoms with E-state index in [2.05, 4.69) is 9.97 Å². The summed E-state index contributed by atoms with van der Waals surface area (Å²) in [5, 5.41) is 9.23. The monoisotopic (exact) mass is 230 g/mol. The van der Waals surface area contributed by atoms with Crippen molar-refractivity contribution in [2.24, 2.45) is 0 Å². The minimum atomic E-state index is 0.213. The van der Waals surface area contributed by atoms with E-state index in [0.29, 0.717) is 11.6 Å². The highest BCUT2D eigenvalue weighted by Gasteiger charge is 2.06. The first kappa shape index (κ1) is 11.2. The van der Waals surface area contributed by atoms with Crippen molar-refractivity contribution in [1.82, 2.24) is 9.97 Å². The average molecular weight is 230 g/mol. The van der Waals surface area contributed by atoms with Gasteiger partial charge in [0.05, 0.1) is 0 Å². The number of anilines is 2. The second-order valence-corrected chi connectivity index (χ2v) is 3.92. The van der Waals surface area contributed by atoms with E-state index in [1.807, 2.05) is 19.0 Å². The molecule has 17 heavy (non-hydrogen) atoms. The Hall–Kier alpha value is -2.30. The van der Waals surface area contributed by atoms with Gasteiger partial charge in [-0.15, -0.1) is 0 Å². The third-order valence-electron chi connectivity index (χ3n) is 2.32. The highest BCUT2D eigenvalue weighted by atomic mass is 16.3. The third-order valence-corrected chi connectivity index (χ3v) is 2.32. The molecular weight excluding hydrogens is 216 g/mol. The highest BCUT2D eigenvalue weighted by Crippen LogP contribution is 2.21. The second-order valence-electron chi connectivity index (χ2n) is 3.92. The fourth-order valence-corrected chi connectivity index (χ4v) is 1.42. The van der Waals surface area contributed by atoms with Gasteiger partial charge in [0.25, 0.3) is 0 Å². The minimum Gasteiger partial charge on any atom is -0.508 e. The molecule has 0 saturated heterocycles. The molecule has 88 valence electrons. The number of hydrogen-bond acceptors (Lipinski definition) is 5. The predicted octanol–water partition coefficient (Wildman–Crippen LogP) is 1.50. The van der Waals surface area contributed by atoms with Crippen LogP contribution in [0.4, 0.5) is 11.6 Å². The van der Waals surface area contributed by atoms with E-state index in [1.54, 1.807) is 30.3 Å². The van der Waals surface area contributed by atoms with Crippen LogP contribution >= 0.6 is 0 Å². The van der Waals surface area contributed by atoms with Gasteiger partial charge in [-0.2, -0.15) is 0 Å². The van der Waals surface area contributed by atoms with Crippen LogP contribution in [-0.2, 0) is 0 Å². The van der Waals surface area contributed by atoms with Gasteiger partial charge in [0.15, 0.2) is 5.82 Å². The number of phenolic OH excluding ortho intramolecular Hbond substituents is 1. The molecule has 0 aliphatic heterocycles. The molecule has 0 saturated carbocycles. The van der Waals surface area contributed by atoms with Crippen molar-refractivity contribution >= 4 is 11.6 Å². The van der Waals surface area contributed by atoms with Crippen LogP contribution in [0.1, 0.15) is 0 Å². The van der Waals surface area contributed by atoms with Gasteiger partial charge in [-0.3, -0.25) is 0 Å². The molecule has 0 radical (unpaired) electrons. The Bertz CT molecular complexity index is 523. The summed E-state index contributed by atoms with van der Waals surface area (Å²) in [7, 11) is 3.78. The van der Waals surface area contributed by atoms with E-state index in [1.165, 1.54) is 0 Å². The number of benzene rings is 1. The fourth-order valence-electron chi connectivity index (χ4n) is 1.42. The van der Waals surface area contributed by atoms with E-state index < -0.39 is 0 Å². The largest absolute Gasteiger partial charge is 0.508 e. The third kappa shape index (κ3) is 2.44. The topological polar surface area (TPSA) is 75.3 Å². The Morgan fingerprint density at radius 1 is 1.12 bits per heavy atom. The second kappa shape index (κ2) is 4.29. The van der Waals surface area contributed by atoms with Crippen LogP contribution in [0.3, 0.4) is 0 Å². The molecule has 1 heterocycles. The Balaban J connectivity index is 2.48. The molecule has 0 fully saturated rings. The molecule has 5 nitrogen and oxygen atoms in total. The van der Waals surface area contributed by atoms with Gasteiger partial charge in [-0.25, -0.2) is 9.97 Å². The van der Waals surface area contributed by atoms with Crippen molar-refractivity contribution < 1.29 is 5.11 Å². The number of phenols is 1. The van der Waals surface area contributed by atoms with Crippen molar-refractivity contribution in [3.8, 4) is 17.1 Å². The lowest BCUT2D eigenvalue weighted by Crippen LogP contribution is -2.12. The Labute approximate surface area is 99.6 Å². The number of rotatable bonds is 2. The SMILES string of the molecule is CN(C)c1cc(N)nc(-c2ccc(O)cc2)n1. The maximum absolute atomic E-state index is 9.23. The van der Waals surface area contributed by atoms with Crippen LogP contribution in [0, 0.1) is 0 Å². The standard InChI is InChI=1S/C12H14N4O/c1-16(2)11-7-10(13)14-12(15-11)8-3-5-9(17)6-4-8/h3-7,17H,1-2H3,(H2,13,14,15). The molecule has 0 spiro atoms. The van der Waals surface area contributed by atoms with E-state index in [-0.39, 0.29) is 5.75 Å². The van der Waals surface area contributed by atoms with Gasteiger partial charge in [-0.05, 0) is 24.3 Å². The van der Waals surface area contributed by atoms with Gasteiger partial charge in [-0.1, -0.05) is 0 Å². The molecule has 5 heteroatoms. The smallest absolute Gasteiger partial charge is 0.163 e. The Morgan fingerprint density at radius 2 is 1.76 bits per heavy atom. The summed E-state index contributed by atoms with van der Waals surface area (Å²) in [5.41, 5.74) is 6.56. The number of aromatic nitrogens is 2. The number of nitrogens with zero attached hydrogens (tertiary/aromatic N) is 3. The molecule has 2 aromatic rings. The van der Waals surface area contributed by atoms with Gasteiger partial charge in [0.1, 0.15) is 17.4 Å². The molecule has 0 unspecified atom stereocenters. The lowest BCUT2D eigenvalue weighted by Gasteiger charge is -2.12. The Morgan fingerprint density at radius 3 is 2.35 bits per heavy atom. The summed E-state index contributed by atoms with van der Waals surface area (Å²) in [4.78, 5) is 10.4. The Kier molecular flexibility index (Phi) is 2.82. The summed E-state index contributed by atoms with van der Waals surface area (Å²) in [6.45, 7) is 0. The van der Waals surface area contributed by atoms with Crippen molar-refractivity contribution in [2.75, 3.05) is 24.7 Å². The number of aromatic hydroxyl groups is 1. The molecular formula is C12H14N4O. The first-order valence-corrected chi connectivity index (χ1v) is 5.17. The first-order chi connectivity index (χ1) is 8.06. The summed E-state index contributed by atoms with van der Waals surface area (Å²) >= 11 is 0. The maximum atomic E-state index is 9.23. The lowest BCUT2D eigenvalue weighted by atomic mass is 10.2. The lowest BCUT2D eigenvalue weighted by molar-refractivity contribution is 0.475. The van der Waals surface area contributed by atoms with Gasteiger partial charge < -0.3 is 15.7 Å². The van der Waals surface area contributed by atoms with E-state index >= 15 is 0 Å². The van der Waals surface area contributed by atoms with Crippen LogP contribution in [0.2, 0.25) is 0 Å². The van der Waals surface area contributed by atoms with Crippen LogP contribution < -0.4 is 10.6 Å². The van der Waals surface area contributed by atoms with E-state index in [4.69, 9.17) is 5.73 Å². The van der Waals surface area contributed by atoms with Crippen molar-refractivity contribution in [3.63, 3.8) is 0 Å². The van der Waals surface area contributed by atoms with Crippen LogP contribution in [0.15, 0.2) is 30.3 Å². The quantitative estimate of drug-likeness (QED) is 0.817. The van der Waals surface area contributed by atoms with Crippen LogP contribution in [0.5, 0.6) is 5.75 Å². The molecule has 3 N–H and O–H groups in total. The minimum absolute atomic E-state index is 0.213. The molecule has 0 amide bonds. The predicted molar refractivity (Wildman–Crippen MR) is 67.9 cm³/mol. The van der Waals surface area contributed by atoms with E-state index in [0.717, 1.165) is 11.4 Å². The zero-order valence-corrected chi connectivity index (χ0v) is 9.75. The van der Waals surface area contributed by atoms with Crippen LogP contribution in [0.25, 0.3) is 11.4 Å². The first-order valence-electron chi connectivity index (χ1n) is 5.17. The summed E-state index contributed by atoms with van der Waals surface area (Å²) in [6, 6.07) is 8.41. The zero-order chi connectivity index (χ0) is 12.4. The maximum Gasteiger partial charge on any atom is 0.163 e. The molecule has 1 aromatic carbocycles. The molecule has 0 aliphatic rings.